The van der Waals surface area contributed by atoms with E-state index in [1.165, 1.54) is 0 Å². The van der Waals surface area contributed by atoms with Crippen LogP contribution in [0.1, 0.15) is 51.3 Å². The summed E-state index contributed by atoms with van der Waals surface area (Å²) >= 11 is 0. The van der Waals surface area contributed by atoms with Gasteiger partial charge in [-0.3, -0.25) is 0 Å². The summed E-state index contributed by atoms with van der Waals surface area (Å²) in [6, 6.07) is 0.292. The van der Waals surface area contributed by atoms with Crippen LogP contribution in [0.3, 0.4) is 0 Å². The van der Waals surface area contributed by atoms with E-state index in [-0.39, 0.29) is 6.10 Å². The summed E-state index contributed by atoms with van der Waals surface area (Å²) in [6.45, 7) is 4.27. The lowest BCUT2D eigenvalue weighted by Crippen LogP contribution is -2.33. The van der Waals surface area contributed by atoms with Gasteiger partial charge in [0.1, 0.15) is 12.2 Å². The van der Waals surface area contributed by atoms with Crippen molar-refractivity contribution in [2.45, 2.75) is 57.6 Å². The highest BCUT2D eigenvalue weighted by Gasteiger charge is 2.42. The van der Waals surface area contributed by atoms with Crippen molar-refractivity contribution in [3.63, 3.8) is 0 Å². The molecule has 0 spiro atoms. The molecule has 0 aromatic carbocycles. The zero-order valence-corrected chi connectivity index (χ0v) is 14.0. The van der Waals surface area contributed by atoms with Crippen LogP contribution in [0.2, 0.25) is 0 Å². The molecular formula is C17H25N5O. The van der Waals surface area contributed by atoms with Gasteiger partial charge in [-0.25, -0.2) is 15.0 Å². The Morgan fingerprint density at radius 2 is 2.09 bits per heavy atom. The van der Waals surface area contributed by atoms with Gasteiger partial charge in [-0.15, -0.1) is 0 Å². The third-order valence-electron chi connectivity index (χ3n) is 5.60. The van der Waals surface area contributed by atoms with Gasteiger partial charge in [0.15, 0.2) is 17.0 Å². The molecule has 2 aromatic rings. The van der Waals surface area contributed by atoms with Gasteiger partial charge in [0.05, 0.1) is 6.10 Å². The van der Waals surface area contributed by atoms with Gasteiger partial charge in [-0.1, -0.05) is 13.8 Å². The summed E-state index contributed by atoms with van der Waals surface area (Å²) in [6.07, 6.45) is 5.76. The van der Waals surface area contributed by atoms with Crippen LogP contribution < -0.4 is 5.32 Å². The van der Waals surface area contributed by atoms with Gasteiger partial charge in [0.2, 0.25) is 0 Å². The summed E-state index contributed by atoms with van der Waals surface area (Å²) < 4.78 is 2.05. The molecule has 2 fully saturated rings. The van der Waals surface area contributed by atoms with E-state index >= 15 is 0 Å². The molecule has 2 aliphatic rings. The molecule has 2 aliphatic carbocycles. The fourth-order valence-corrected chi connectivity index (χ4v) is 4.44. The lowest BCUT2D eigenvalue weighted by atomic mass is 9.86. The van der Waals surface area contributed by atoms with Crippen molar-refractivity contribution in [1.29, 1.82) is 0 Å². The standard InChI is InChI=1S/C17H25N5O/c1-9(2)16-21-14-15(18-8-19-17(14)22(16)3)20-12-7-10-4-5-13(23)11(12)6-10/h8-13,23H,4-7H2,1-3H3,(H,18,19,20). The van der Waals surface area contributed by atoms with Gasteiger partial charge >= 0.3 is 0 Å². The molecule has 0 saturated heterocycles. The molecule has 23 heavy (non-hydrogen) atoms. The van der Waals surface area contributed by atoms with E-state index in [9.17, 15) is 5.11 Å². The second-order valence-electron chi connectivity index (χ2n) is 7.48. The maximum absolute atomic E-state index is 10.3. The molecule has 2 aromatic heterocycles. The summed E-state index contributed by atoms with van der Waals surface area (Å²) in [5.41, 5.74) is 1.71. The topological polar surface area (TPSA) is 75.9 Å². The number of hydrogen-bond donors (Lipinski definition) is 2. The number of aromatic nitrogens is 4. The number of nitrogens with zero attached hydrogens (tertiary/aromatic N) is 4. The van der Waals surface area contributed by atoms with Crippen LogP contribution in [0.5, 0.6) is 0 Å². The molecule has 6 heteroatoms. The van der Waals surface area contributed by atoms with Crippen molar-refractivity contribution in [3.05, 3.63) is 12.2 Å². The maximum Gasteiger partial charge on any atom is 0.165 e. The third-order valence-corrected chi connectivity index (χ3v) is 5.60. The van der Waals surface area contributed by atoms with Crippen molar-refractivity contribution >= 4 is 17.0 Å². The van der Waals surface area contributed by atoms with Gasteiger partial charge < -0.3 is 15.0 Å². The van der Waals surface area contributed by atoms with Gasteiger partial charge in [-0.05, 0) is 31.6 Å². The van der Waals surface area contributed by atoms with Gasteiger partial charge in [0.25, 0.3) is 0 Å². The molecule has 0 amide bonds. The first-order chi connectivity index (χ1) is 11.0. The predicted octanol–water partition coefficient (Wildman–Crippen LogP) is 2.45. The Balaban J connectivity index is 1.68. The number of aliphatic hydroxyl groups is 1. The zero-order chi connectivity index (χ0) is 16.1. The van der Waals surface area contributed by atoms with E-state index in [0.29, 0.717) is 17.9 Å². The van der Waals surface area contributed by atoms with E-state index in [1.807, 2.05) is 7.05 Å². The number of nitrogens with one attached hydrogen (secondary N) is 1. The Morgan fingerprint density at radius 1 is 1.26 bits per heavy atom. The molecule has 4 atom stereocenters. The Kier molecular flexibility index (Phi) is 3.52. The SMILES string of the molecule is CC(C)c1nc2c(NC3CC4CCC(O)C3C4)ncnc2n1C. The highest BCUT2D eigenvalue weighted by molar-refractivity contribution is 5.83. The minimum atomic E-state index is -0.182. The van der Waals surface area contributed by atoms with Crippen molar-refractivity contribution in [2.75, 3.05) is 5.32 Å². The van der Waals surface area contributed by atoms with E-state index in [4.69, 9.17) is 4.98 Å². The number of rotatable bonds is 3. The number of fused-ring (bicyclic) bond motifs is 3. The number of aryl methyl sites for hydroxylation is 1. The number of aliphatic hydroxyl groups excluding tert-OH is 1. The zero-order valence-electron chi connectivity index (χ0n) is 14.0. The lowest BCUT2D eigenvalue weighted by molar-refractivity contribution is 0.0737. The maximum atomic E-state index is 10.3. The molecule has 2 N–H and O–H groups in total. The number of hydrogen-bond acceptors (Lipinski definition) is 5. The molecule has 6 nitrogen and oxygen atoms in total. The number of anilines is 1. The predicted molar refractivity (Wildman–Crippen MR) is 89.3 cm³/mol. The Morgan fingerprint density at radius 3 is 2.87 bits per heavy atom. The van der Waals surface area contributed by atoms with Crippen LogP contribution in [0.15, 0.2) is 6.33 Å². The highest BCUT2D eigenvalue weighted by atomic mass is 16.3. The highest BCUT2D eigenvalue weighted by Crippen LogP contribution is 2.43. The second kappa shape index (κ2) is 5.44. The first-order valence-electron chi connectivity index (χ1n) is 8.66. The molecule has 4 rings (SSSR count). The van der Waals surface area contributed by atoms with Crippen LogP contribution in [0, 0.1) is 11.8 Å². The Hall–Kier alpha value is -1.69. The molecule has 2 heterocycles. The fourth-order valence-electron chi connectivity index (χ4n) is 4.44. The molecule has 0 aliphatic heterocycles. The van der Waals surface area contributed by atoms with Crippen molar-refractivity contribution in [3.8, 4) is 0 Å². The fraction of sp³-hybridized carbons (Fsp3) is 0.706. The Bertz CT molecular complexity index is 725. The summed E-state index contributed by atoms with van der Waals surface area (Å²) in [5.74, 6) is 3.26. The molecule has 4 unspecified atom stereocenters. The van der Waals surface area contributed by atoms with Crippen LogP contribution in [-0.2, 0) is 7.05 Å². The van der Waals surface area contributed by atoms with Gasteiger partial charge in [-0.2, -0.15) is 0 Å². The van der Waals surface area contributed by atoms with E-state index in [1.54, 1.807) is 6.33 Å². The molecule has 124 valence electrons. The Labute approximate surface area is 136 Å². The summed E-state index contributed by atoms with van der Waals surface area (Å²) in [5, 5.41) is 13.9. The largest absolute Gasteiger partial charge is 0.393 e. The van der Waals surface area contributed by atoms with Crippen LogP contribution in [0.4, 0.5) is 5.82 Å². The van der Waals surface area contributed by atoms with Crippen LogP contribution in [-0.4, -0.2) is 36.8 Å². The minimum Gasteiger partial charge on any atom is -0.393 e. The molecule has 0 radical (unpaired) electrons. The first-order valence-corrected chi connectivity index (χ1v) is 8.66. The lowest BCUT2D eigenvalue weighted by Gasteiger charge is -2.27. The third kappa shape index (κ3) is 2.40. The van der Waals surface area contributed by atoms with Gasteiger partial charge in [0, 0.05) is 24.9 Å². The molecule has 2 saturated carbocycles. The van der Waals surface area contributed by atoms with E-state index in [2.05, 4.69) is 33.7 Å². The summed E-state index contributed by atoms with van der Waals surface area (Å²) in [7, 11) is 2.01. The summed E-state index contributed by atoms with van der Waals surface area (Å²) in [4.78, 5) is 13.6. The smallest absolute Gasteiger partial charge is 0.165 e. The molecule has 2 bridgehead atoms. The van der Waals surface area contributed by atoms with Crippen LogP contribution >= 0.6 is 0 Å². The first kappa shape index (κ1) is 14.9. The van der Waals surface area contributed by atoms with Crippen molar-refractivity contribution < 1.29 is 5.11 Å². The van der Waals surface area contributed by atoms with Crippen molar-refractivity contribution in [1.82, 2.24) is 19.5 Å². The average Bonchev–Trinajstić information content (AvgIpc) is 3.04. The quantitative estimate of drug-likeness (QED) is 0.910. The second-order valence-corrected chi connectivity index (χ2v) is 7.48. The monoisotopic (exact) mass is 315 g/mol. The van der Waals surface area contributed by atoms with Crippen molar-refractivity contribution in [2.24, 2.45) is 18.9 Å². The van der Waals surface area contributed by atoms with E-state index in [0.717, 1.165) is 54.4 Å². The minimum absolute atomic E-state index is 0.182. The average molecular weight is 315 g/mol. The van der Waals surface area contributed by atoms with Crippen LogP contribution in [0.25, 0.3) is 11.2 Å². The normalized spacial score (nSPS) is 30.3. The number of imidazole rings is 1. The molecular weight excluding hydrogens is 290 g/mol. The van der Waals surface area contributed by atoms with E-state index < -0.39 is 0 Å².